The topological polar surface area (TPSA) is 67.2 Å². The van der Waals surface area contributed by atoms with Crippen molar-refractivity contribution in [3.8, 4) is 0 Å². The molecule has 0 spiro atoms. The summed E-state index contributed by atoms with van der Waals surface area (Å²) < 4.78 is 10.6. The Morgan fingerprint density at radius 1 is 1.12 bits per heavy atom. The van der Waals surface area contributed by atoms with Gasteiger partial charge in [-0.05, 0) is 13.8 Å². The summed E-state index contributed by atoms with van der Waals surface area (Å²) >= 11 is 0. The summed E-state index contributed by atoms with van der Waals surface area (Å²) in [7, 11) is 0. The predicted molar refractivity (Wildman–Crippen MR) is 61.7 cm³/mol. The highest BCUT2D eigenvalue weighted by atomic mass is 16.5. The Kier molecular flexibility index (Phi) is 3.17. The van der Waals surface area contributed by atoms with E-state index in [1.807, 2.05) is 0 Å². The van der Waals surface area contributed by atoms with Crippen LogP contribution in [0.5, 0.6) is 0 Å². The molecule has 2 heterocycles. The Morgan fingerprint density at radius 2 is 1.75 bits per heavy atom. The van der Waals surface area contributed by atoms with Gasteiger partial charge in [-0.1, -0.05) is 0 Å². The van der Waals surface area contributed by atoms with E-state index in [1.54, 1.807) is 0 Å². The monoisotopic (exact) mass is 226 g/mol. The molecular weight excluding hydrogens is 208 g/mol. The van der Waals surface area contributed by atoms with Crippen molar-refractivity contribution in [2.24, 2.45) is 9.98 Å². The smallest absolute Gasteiger partial charge is 0.285 e. The lowest BCUT2D eigenvalue weighted by atomic mass is 10.1. The molecule has 0 saturated heterocycles. The van der Waals surface area contributed by atoms with Crippen LogP contribution in [-0.2, 0) is 9.47 Å². The third-order valence-electron chi connectivity index (χ3n) is 2.30. The van der Waals surface area contributed by atoms with Crippen molar-refractivity contribution in [3.05, 3.63) is 0 Å². The van der Waals surface area contributed by atoms with Crippen molar-refractivity contribution in [1.29, 1.82) is 0 Å². The molecule has 0 saturated carbocycles. The highest BCUT2D eigenvalue weighted by Crippen LogP contribution is 2.03. The fourth-order valence-electron chi connectivity index (χ4n) is 1.48. The SMILES string of the molecule is CC(C)(CNC1=NCCO1)NC1=NCCO1. The van der Waals surface area contributed by atoms with Gasteiger partial charge in [-0.15, -0.1) is 0 Å². The second kappa shape index (κ2) is 4.59. The first kappa shape index (κ1) is 11.0. The summed E-state index contributed by atoms with van der Waals surface area (Å²) in [4.78, 5) is 8.36. The van der Waals surface area contributed by atoms with Crippen molar-refractivity contribution in [3.63, 3.8) is 0 Å². The van der Waals surface area contributed by atoms with Gasteiger partial charge >= 0.3 is 0 Å². The van der Waals surface area contributed by atoms with Gasteiger partial charge in [-0.3, -0.25) is 0 Å². The molecule has 2 rings (SSSR count). The predicted octanol–water partition coefficient (Wildman–Crippen LogP) is -0.283. The van der Waals surface area contributed by atoms with Crippen LogP contribution >= 0.6 is 0 Å². The van der Waals surface area contributed by atoms with Crippen LogP contribution in [0.2, 0.25) is 0 Å². The van der Waals surface area contributed by atoms with E-state index in [0.717, 1.165) is 13.1 Å². The summed E-state index contributed by atoms with van der Waals surface area (Å²) in [6, 6.07) is 1.25. The number of amidine groups is 2. The average molecular weight is 226 g/mol. The summed E-state index contributed by atoms with van der Waals surface area (Å²) in [5.74, 6) is 0. The fourth-order valence-corrected chi connectivity index (χ4v) is 1.48. The van der Waals surface area contributed by atoms with Crippen molar-refractivity contribution in [2.75, 3.05) is 32.8 Å². The quantitative estimate of drug-likeness (QED) is 0.694. The van der Waals surface area contributed by atoms with Crippen LogP contribution in [0.1, 0.15) is 13.8 Å². The van der Waals surface area contributed by atoms with Gasteiger partial charge in [0.1, 0.15) is 13.2 Å². The Morgan fingerprint density at radius 3 is 2.31 bits per heavy atom. The number of nitrogens with one attached hydrogen (secondary N) is 2. The normalized spacial score (nSPS) is 19.6. The molecule has 0 aromatic rings. The maximum absolute atomic E-state index is 5.31. The van der Waals surface area contributed by atoms with Gasteiger partial charge in [0.25, 0.3) is 12.0 Å². The molecule has 6 heteroatoms. The van der Waals surface area contributed by atoms with E-state index in [0.29, 0.717) is 31.8 Å². The number of ether oxygens (including phenoxy) is 2. The van der Waals surface area contributed by atoms with Crippen LogP contribution in [0, 0.1) is 0 Å². The van der Waals surface area contributed by atoms with Crippen molar-refractivity contribution < 1.29 is 9.47 Å². The Labute approximate surface area is 95.1 Å². The summed E-state index contributed by atoms with van der Waals surface area (Å²) in [5.41, 5.74) is -0.155. The van der Waals surface area contributed by atoms with Crippen LogP contribution in [0.3, 0.4) is 0 Å². The number of rotatable bonds is 3. The second-order valence-corrected chi connectivity index (χ2v) is 4.43. The lowest BCUT2D eigenvalue weighted by Gasteiger charge is -2.26. The molecule has 0 aliphatic carbocycles. The highest BCUT2D eigenvalue weighted by Gasteiger charge is 2.22. The molecule has 0 aromatic carbocycles. The molecule has 0 atom stereocenters. The van der Waals surface area contributed by atoms with Gasteiger partial charge in [0, 0.05) is 6.54 Å². The van der Waals surface area contributed by atoms with E-state index in [2.05, 4.69) is 34.5 Å². The first-order valence-corrected chi connectivity index (χ1v) is 5.52. The molecular formula is C10H18N4O2. The molecule has 2 aliphatic rings. The third kappa shape index (κ3) is 3.01. The second-order valence-electron chi connectivity index (χ2n) is 4.43. The van der Waals surface area contributed by atoms with E-state index in [-0.39, 0.29) is 5.54 Å². The summed E-state index contributed by atoms with van der Waals surface area (Å²) in [6.45, 7) is 7.66. The zero-order valence-corrected chi connectivity index (χ0v) is 9.75. The van der Waals surface area contributed by atoms with E-state index in [9.17, 15) is 0 Å². The van der Waals surface area contributed by atoms with Crippen LogP contribution in [-0.4, -0.2) is 50.4 Å². The number of aliphatic imine (C=N–C) groups is 2. The van der Waals surface area contributed by atoms with E-state index < -0.39 is 0 Å². The maximum Gasteiger partial charge on any atom is 0.285 e. The van der Waals surface area contributed by atoms with Crippen molar-refractivity contribution >= 4 is 12.0 Å². The molecule has 0 radical (unpaired) electrons. The van der Waals surface area contributed by atoms with Crippen LogP contribution < -0.4 is 10.6 Å². The molecule has 2 aliphatic heterocycles. The highest BCUT2D eigenvalue weighted by molar-refractivity contribution is 5.76. The minimum atomic E-state index is -0.155. The maximum atomic E-state index is 5.31. The Hall–Kier alpha value is -1.46. The van der Waals surface area contributed by atoms with E-state index in [1.165, 1.54) is 0 Å². The fraction of sp³-hybridized carbons (Fsp3) is 0.800. The van der Waals surface area contributed by atoms with Crippen molar-refractivity contribution in [2.45, 2.75) is 19.4 Å². The zero-order chi connectivity index (χ0) is 11.4. The first-order valence-electron chi connectivity index (χ1n) is 5.52. The standard InChI is InChI=1S/C10H18N4O2/c1-10(2,14-9-12-4-6-16-9)7-13-8-11-3-5-15-8/h3-7H2,1-2H3,(H,11,13)(H,12,14). The van der Waals surface area contributed by atoms with E-state index in [4.69, 9.17) is 9.47 Å². The summed E-state index contributed by atoms with van der Waals surface area (Å²) in [6.07, 6.45) is 0. The van der Waals surface area contributed by atoms with Gasteiger partial charge in [0.15, 0.2) is 0 Å². The van der Waals surface area contributed by atoms with Crippen LogP contribution in [0.4, 0.5) is 0 Å². The molecule has 16 heavy (non-hydrogen) atoms. The molecule has 0 bridgehead atoms. The van der Waals surface area contributed by atoms with E-state index >= 15 is 0 Å². The van der Waals surface area contributed by atoms with Gasteiger partial charge in [-0.25, -0.2) is 9.98 Å². The Bertz CT molecular complexity index is 312. The molecule has 0 amide bonds. The van der Waals surface area contributed by atoms with Gasteiger partial charge in [0.2, 0.25) is 0 Å². The lowest BCUT2D eigenvalue weighted by Crippen LogP contribution is -2.51. The lowest BCUT2D eigenvalue weighted by molar-refractivity contribution is 0.300. The molecule has 0 fully saturated rings. The molecule has 6 nitrogen and oxygen atoms in total. The molecule has 90 valence electrons. The number of hydrogen-bond acceptors (Lipinski definition) is 6. The van der Waals surface area contributed by atoms with Gasteiger partial charge < -0.3 is 20.1 Å². The minimum Gasteiger partial charge on any atom is -0.463 e. The van der Waals surface area contributed by atoms with Crippen molar-refractivity contribution in [1.82, 2.24) is 10.6 Å². The third-order valence-corrected chi connectivity index (χ3v) is 2.30. The number of nitrogens with zero attached hydrogens (tertiary/aromatic N) is 2. The Balaban J connectivity index is 1.77. The molecule has 0 aromatic heterocycles. The minimum absolute atomic E-state index is 0.155. The van der Waals surface area contributed by atoms with Gasteiger partial charge in [0.05, 0.1) is 18.6 Å². The van der Waals surface area contributed by atoms with Crippen LogP contribution in [0.15, 0.2) is 9.98 Å². The van der Waals surface area contributed by atoms with Crippen LogP contribution in [0.25, 0.3) is 0 Å². The van der Waals surface area contributed by atoms with Gasteiger partial charge in [-0.2, -0.15) is 0 Å². The largest absolute Gasteiger partial charge is 0.463 e. The molecule has 2 N–H and O–H groups in total. The average Bonchev–Trinajstić information content (AvgIpc) is 2.85. The summed E-state index contributed by atoms with van der Waals surface area (Å²) in [5, 5.41) is 6.38. The first-order chi connectivity index (χ1) is 7.66. The molecule has 0 unspecified atom stereocenters. The zero-order valence-electron chi connectivity index (χ0n) is 9.75. The number of hydrogen-bond donors (Lipinski definition) is 2.